The fraction of sp³-hybridized carbons (Fsp3) is 0.923. The number of ether oxygens (including phenoxy) is 6. The number of aliphatic hydroxyl groups excluding tert-OH is 4. The van der Waals surface area contributed by atoms with Gasteiger partial charge < -0.3 is 48.8 Å². The monoisotopic (exact) mass is 1420 g/mol. The van der Waals surface area contributed by atoms with Gasteiger partial charge in [-0.3, -0.25) is 28.8 Å². The molecule has 0 aromatic carbocycles. The van der Waals surface area contributed by atoms with Gasteiger partial charge in [-0.25, -0.2) is 0 Å². The van der Waals surface area contributed by atoms with Crippen LogP contribution in [-0.4, -0.2) is 122 Å². The molecule has 0 bridgehead atoms. The van der Waals surface area contributed by atoms with Gasteiger partial charge in [0.1, 0.15) is 0 Å². The van der Waals surface area contributed by atoms with Crippen LogP contribution in [0.25, 0.3) is 0 Å². The largest absolute Gasteiger partial charge is 0.466 e. The zero-order chi connectivity index (χ0) is 75.9. The van der Waals surface area contributed by atoms with E-state index in [2.05, 4.69) is 78.7 Å². The number of carbonyl (C=O) groups excluding carboxylic acids is 6. The van der Waals surface area contributed by atoms with E-state index in [0.717, 1.165) is 96.3 Å². The summed E-state index contributed by atoms with van der Waals surface area (Å²) in [5.74, 6) is -0.632. The molecule has 95 heavy (non-hydrogen) atoms. The number of aliphatic hydroxyl groups is 4. The van der Waals surface area contributed by atoms with Gasteiger partial charge >= 0.3 is 35.8 Å². The van der Waals surface area contributed by atoms with Crippen LogP contribution in [0.15, 0.2) is 0 Å². The first-order valence-electron chi connectivity index (χ1n) is 39.7. The van der Waals surface area contributed by atoms with E-state index in [4.69, 9.17) is 45.3 Å². The topological polar surface area (TPSA) is 239 Å². The summed E-state index contributed by atoms with van der Waals surface area (Å²) in [6.07, 6.45) is 50.1. The molecule has 17 heteroatoms. The van der Waals surface area contributed by atoms with Crippen molar-refractivity contribution < 1.29 is 107 Å². The molecule has 0 radical (unpaired) electrons. The van der Waals surface area contributed by atoms with Gasteiger partial charge in [-0.05, 0) is 85.0 Å². The van der Waals surface area contributed by atoms with Crippen molar-refractivity contribution in [3.05, 3.63) is 0 Å². The number of carbonyl (C=O) groups is 6. The maximum Gasteiger partial charge on any atom is 0.305 e. The maximum absolute atomic E-state index is 11.4. The Morgan fingerprint density at radius 3 is 0.568 bits per heavy atom. The Labute approximate surface area is 613 Å². The van der Waals surface area contributed by atoms with Crippen LogP contribution in [0.3, 0.4) is 0 Å². The Kier molecular flexibility index (Phi) is 161. The standard InChI is InChI=1S/2C16H32O2.2C10H20O2.2C4H8O2.4C4H10O.2CH4.Ti.3H2/c2*1-3-5-7-9-11-13-15-18-16(17)14-12-10-8-6-4-2;1-3-4-5-6-7-8-9-12-10(2)11;1-3-5-6-7-8-9-10(11)12-4-2;2*1-3-6-4(2)5;4*1-2-3-4-5;;;;;;/h2*3-15H2,1-2H3;2*3-9H2,1-2H3;2*3H2,1-2H3;4*5H,2-4H2,1H3;2*1H4;;3*1H/i;;;;;;;;;;;;;2*1+1D;1+1. The van der Waals surface area contributed by atoms with Crippen LogP contribution in [0.4, 0.5) is 0 Å². The first-order chi connectivity index (χ1) is 46.4. The van der Waals surface area contributed by atoms with Crippen molar-refractivity contribution in [2.24, 2.45) is 0 Å². The Morgan fingerprint density at radius 2 is 0.411 bits per heavy atom. The fourth-order valence-corrected chi connectivity index (χ4v) is 7.27. The second-order valence-electron chi connectivity index (χ2n) is 22.5. The van der Waals surface area contributed by atoms with Crippen molar-refractivity contribution in [1.29, 1.82) is 0 Å². The molecule has 0 unspecified atom stereocenters. The van der Waals surface area contributed by atoms with Crippen LogP contribution >= 0.6 is 0 Å². The molecule has 0 saturated heterocycles. The van der Waals surface area contributed by atoms with E-state index in [1.54, 1.807) is 13.8 Å². The number of hydrogen-bond acceptors (Lipinski definition) is 16. The molecular weight excluding hydrogens is 1240 g/mol. The zero-order valence-corrected chi connectivity index (χ0v) is 65.9. The van der Waals surface area contributed by atoms with Crippen molar-refractivity contribution in [2.75, 3.05) is 66.1 Å². The van der Waals surface area contributed by atoms with E-state index >= 15 is 0 Å². The third-order valence-corrected chi connectivity index (χ3v) is 12.8. The van der Waals surface area contributed by atoms with Crippen molar-refractivity contribution in [3.63, 3.8) is 0 Å². The van der Waals surface area contributed by atoms with Gasteiger partial charge in [-0.2, -0.15) is 0 Å². The third-order valence-electron chi connectivity index (χ3n) is 12.8. The molecule has 4 N–H and O–H groups in total. The Morgan fingerprint density at radius 1 is 0.242 bits per heavy atom. The van der Waals surface area contributed by atoms with Gasteiger partial charge in [-0.15, -0.1) is 0 Å². The first kappa shape index (κ1) is 116. The fourth-order valence-electron chi connectivity index (χ4n) is 7.27. The van der Waals surface area contributed by atoms with Crippen molar-refractivity contribution in [2.45, 2.75) is 408 Å². The molecule has 0 saturated carbocycles. The number of unbranched alkanes of at least 4 members (excludes halogenated alkanes) is 31. The number of hydrogen-bond donors (Lipinski definition) is 4. The number of esters is 6. The van der Waals surface area contributed by atoms with Gasteiger partial charge in [0.05, 0.1) is 39.6 Å². The van der Waals surface area contributed by atoms with E-state index in [-0.39, 0.29) is 73.8 Å². The van der Waals surface area contributed by atoms with E-state index in [1.807, 2.05) is 6.92 Å². The molecule has 0 rings (SSSR count). The summed E-state index contributed by atoms with van der Waals surface area (Å²) in [7, 11) is 0. The minimum atomic E-state index is -0.211. The van der Waals surface area contributed by atoms with Gasteiger partial charge in [0, 0.05) is 95.5 Å². The van der Waals surface area contributed by atoms with Gasteiger partial charge in [0.2, 0.25) is 0 Å². The Balaban J connectivity index is -0.0000000576. The Bertz CT molecular complexity index is 1250. The second kappa shape index (κ2) is 131. The van der Waals surface area contributed by atoms with E-state index in [1.165, 1.54) is 188 Å². The molecule has 0 aromatic heterocycles. The molecule has 0 fully saturated rings. The molecule has 0 aliphatic heterocycles. The second-order valence-corrected chi connectivity index (χ2v) is 22.5. The first-order valence-corrected chi connectivity index (χ1v) is 37.7. The quantitative estimate of drug-likeness (QED) is 0.0192. The smallest absolute Gasteiger partial charge is 0.305 e. The van der Waals surface area contributed by atoms with Crippen LogP contribution in [0.5, 0.6) is 0 Å². The van der Waals surface area contributed by atoms with Crippen molar-refractivity contribution in [1.82, 2.24) is 0 Å². The predicted molar refractivity (Wildman–Crippen MR) is 408 cm³/mol. The van der Waals surface area contributed by atoms with E-state index < -0.39 is 0 Å². The average molecular weight is 1420 g/mol. The summed E-state index contributed by atoms with van der Waals surface area (Å²) in [4.78, 5) is 63.6. The van der Waals surface area contributed by atoms with Crippen molar-refractivity contribution >= 4 is 35.8 Å². The summed E-state index contributed by atoms with van der Waals surface area (Å²) in [5.41, 5.74) is 0. The molecule has 586 valence electrons. The summed E-state index contributed by atoms with van der Waals surface area (Å²) in [5, 5.41) is 32.3. The third kappa shape index (κ3) is 188. The van der Waals surface area contributed by atoms with Gasteiger partial charge in [0.15, 0.2) is 0 Å². The maximum atomic E-state index is 11.4. The minimum absolute atomic E-state index is 0. The summed E-state index contributed by atoms with van der Waals surface area (Å²) in [6.45, 7) is 35.8. The SMILES string of the molecule is C.C.CCCCCCCC(=O)OCC.CCCCCCCCOC(=O)CCCCCCC.CCCCCCCCOC(=O)CCCCCCC.CCCCCCCCOC(C)=O.CCCCO.CCCCO.CCCCO.CCCCO.CCOC(C)=O.CCOC(C)=O.[2HH].[2H][2H].[2H][2H].[Ti]. The Hall–Kier alpha value is -2.63. The minimum Gasteiger partial charge on any atom is -0.466 e. The van der Waals surface area contributed by atoms with Crippen LogP contribution < -0.4 is 0 Å². The van der Waals surface area contributed by atoms with Crippen LogP contribution in [0.1, 0.15) is 416 Å². The summed E-state index contributed by atoms with van der Waals surface area (Å²) in [6, 6.07) is 0. The molecule has 16 nitrogen and oxygen atoms in total. The summed E-state index contributed by atoms with van der Waals surface area (Å²) >= 11 is 0. The average Bonchev–Trinajstić information content (AvgIpc) is 3.79. The molecule has 0 amide bonds. The normalized spacial score (nSPS) is 9.39. The predicted octanol–water partition coefficient (Wildman–Crippen LogP) is 22.6. The molecule has 0 spiro atoms. The van der Waals surface area contributed by atoms with Gasteiger partial charge in [-0.1, -0.05) is 283 Å². The van der Waals surface area contributed by atoms with E-state index in [0.29, 0.717) is 85.3 Å². The molecule has 0 aliphatic rings. The molecule has 0 aliphatic carbocycles. The molecule has 0 atom stereocenters. The zero-order valence-electron chi connectivity index (χ0n) is 68.4. The van der Waals surface area contributed by atoms with Crippen molar-refractivity contribution in [3.8, 4) is 0 Å². The molecule has 0 heterocycles. The van der Waals surface area contributed by atoms with Crippen LogP contribution in [0.2, 0.25) is 0 Å². The van der Waals surface area contributed by atoms with Crippen LogP contribution in [-0.2, 0) is 78.9 Å². The summed E-state index contributed by atoms with van der Waals surface area (Å²) < 4.78 is 48.9. The molecular formula is C78H174O16Ti. The van der Waals surface area contributed by atoms with Gasteiger partial charge in [0.25, 0.3) is 0 Å². The molecule has 0 aromatic rings. The van der Waals surface area contributed by atoms with Crippen LogP contribution in [0, 0.1) is 0 Å². The van der Waals surface area contributed by atoms with E-state index in [9.17, 15) is 28.8 Å². The number of rotatable bonds is 50.